The van der Waals surface area contributed by atoms with E-state index in [1.165, 1.54) is 6.07 Å². The summed E-state index contributed by atoms with van der Waals surface area (Å²) in [5, 5.41) is 3.25. The number of hydrogen-bond acceptors (Lipinski definition) is 3. The van der Waals surface area contributed by atoms with Crippen molar-refractivity contribution < 1.29 is 9.13 Å². The largest absolute Gasteiger partial charge is 0.377 e. The maximum atomic E-state index is 13.9. The minimum absolute atomic E-state index is 0.117. The summed E-state index contributed by atoms with van der Waals surface area (Å²) in [6.45, 7) is 4.53. The van der Waals surface area contributed by atoms with Crippen molar-refractivity contribution in [1.82, 2.24) is 5.32 Å². The molecule has 1 aromatic rings. The maximum absolute atomic E-state index is 13.9. The van der Waals surface area contributed by atoms with Crippen LogP contribution in [0.5, 0.6) is 0 Å². The highest BCUT2D eigenvalue weighted by Crippen LogP contribution is 2.29. The number of nitrogens with one attached hydrogen (secondary N) is 1. The number of ether oxygens (including phenoxy) is 1. The van der Waals surface area contributed by atoms with Gasteiger partial charge in [0.15, 0.2) is 0 Å². The molecule has 18 heavy (non-hydrogen) atoms. The van der Waals surface area contributed by atoms with Gasteiger partial charge in [-0.25, -0.2) is 4.39 Å². The van der Waals surface area contributed by atoms with Crippen LogP contribution < -0.4 is 5.32 Å². The number of thioether (sulfide) groups is 1. The molecule has 2 rings (SSSR count). The molecule has 4 heteroatoms. The van der Waals surface area contributed by atoms with Crippen LogP contribution in [0.1, 0.15) is 25.3 Å². The fourth-order valence-electron chi connectivity index (χ4n) is 2.07. The predicted octanol–water partition coefficient (Wildman–Crippen LogP) is 3.21. The molecule has 0 spiro atoms. The third kappa shape index (κ3) is 3.70. The van der Waals surface area contributed by atoms with Gasteiger partial charge in [0, 0.05) is 23.8 Å². The number of halogens is 1. The number of hydrogen-bond donors (Lipinski definition) is 1. The van der Waals surface area contributed by atoms with E-state index in [-0.39, 0.29) is 5.82 Å². The highest BCUT2D eigenvalue weighted by molar-refractivity contribution is 7.99. The molecule has 0 radical (unpaired) electrons. The fraction of sp³-hybridized carbons (Fsp3) is 0.571. The van der Waals surface area contributed by atoms with Gasteiger partial charge >= 0.3 is 0 Å². The molecule has 1 unspecified atom stereocenters. The van der Waals surface area contributed by atoms with Crippen LogP contribution in [0.3, 0.4) is 0 Å². The molecule has 0 aliphatic carbocycles. The highest BCUT2D eigenvalue weighted by Gasteiger charge is 2.17. The molecule has 2 nitrogen and oxygen atoms in total. The lowest BCUT2D eigenvalue weighted by molar-refractivity contribution is 0.129. The van der Waals surface area contributed by atoms with Gasteiger partial charge < -0.3 is 10.1 Å². The molecule has 0 saturated carbocycles. The third-order valence-electron chi connectivity index (χ3n) is 3.05. The molecule has 1 aromatic carbocycles. The van der Waals surface area contributed by atoms with Gasteiger partial charge in [-0.15, -0.1) is 11.8 Å². The average Bonchev–Trinajstić information content (AvgIpc) is 2.88. The summed E-state index contributed by atoms with van der Waals surface area (Å²) in [5.41, 5.74) is 1.04. The second kappa shape index (κ2) is 7.12. The summed E-state index contributed by atoms with van der Waals surface area (Å²) in [7, 11) is 0. The zero-order chi connectivity index (χ0) is 12.8. The minimum atomic E-state index is -0.117. The molecule has 1 saturated heterocycles. The van der Waals surface area contributed by atoms with Crippen LogP contribution in [0.15, 0.2) is 23.1 Å². The molecule has 1 heterocycles. The van der Waals surface area contributed by atoms with Crippen LogP contribution in [0.25, 0.3) is 0 Å². The summed E-state index contributed by atoms with van der Waals surface area (Å²) < 4.78 is 19.4. The van der Waals surface area contributed by atoms with Crippen LogP contribution in [0.4, 0.5) is 4.39 Å². The Morgan fingerprint density at radius 1 is 1.50 bits per heavy atom. The fourth-order valence-corrected chi connectivity index (χ4v) is 3.21. The van der Waals surface area contributed by atoms with Crippen molar-refractivity contribution in [3.05, 3.63) is 29.6 Å². The Kier molecular flexibility index (Phi) is 5.47. The van der Waals surface area contributed by atoms with E-state index in [4.69, 9.17) is 4.74 Å². The molecule has 1 aliphatic rings. The zero-order valence-electron chi connectivity index (χ0n) is 10.7. The Hall–Kier alpha value is -0.580. The Morgan fingerprint density at radius 2 is 2.39 bits per heavy atom. The zero-order valence-corrected chi connectivity index (χ0v) is 11.6. The van der Waals surface area contributed by atoms with Gasteiger partial charge in [0.2, 0.25) is 0 Å². The van der Waals surface area contributed by atoms with E-state index < -0.39 is 0 Å². The van der Waals surface area contributed by atoms with Crippen molar-refractivity contribution in [3.63, 3.8) is 0 Å². The summed E-state index contributed by atoms with van der Waals surface area (Å²) in [4.78, 5) is 0.772. The Bertz CT molecular complexity index is 380. The van der Waals surface area contributed by atoms with Crippen molar-refractivity contribution >= 4 is 11.8 Å². The Labute approximate surface area is 112 Å². The first-order valence-electron chi connectivity index (χ1n) is 6.53. The second-order valence-electron chi connectivity index (χ2n) is 4.45. The Balaban J connectivity index is 1.99. The van der Waals surface area contributed by atoms with Crippen LogP contribution in [0, 0.1) is 5.82 Å². The lowest BCUT2D eigenvalue weighted by atomic mass is 10.2. The monoisotopic (exact) mass is 269 g/mol. The lowest BCUT2D eigenvalue weighted by Gasteiger charge is -2.13. The van der Waals surface area contributed by atoms with E-state index in [0.717, 1.165) is 48.7 Å². The van der Waals surface area contributed by atoms with Crippen molar-refractivity contribution in [2.45, 2.75) is 37.3 Å². The second-order valence-corrected chi connectivity index (χ2v) is 5.48. The van der Waals surface area contributed by atoms with Crippen LogP contribution >= 0.6 is 11.8 Å². The van der Waals surface area contributed by atoms with Gasteiger partial charge in [-0.2, -0.15) is 0 Å². The van der Waals surface area contributed by atoms with Gasteiger partial charge in [-0.3, -0.25) is 0 Å². The standard InChI is InChI=1S/C14H20FNOS/c1-2-16-9-11-5-3-7-13(15)14(11)18-10-12-6-4-8-17-12/h3,5,7,12,16H,2,4,6,8-10H2,1H3. The summed E-state index contributed by atoms with van der Waals surface area (Å²) in [6, 6.07) is 5.30. The predicted molar refractivity (Wildman–Crippen MR) is 73.5 cm³/mol. The topological polar surface area (TPSA) is 21.3 Å². The number of rotatable bonds is 6. The third-order valence-corrected chi connectivity index (χ3v) is 4.34. The molecule has 0 bridgehead atoms. The molecule has 0 aromatic heterocycles. The Morgan fingerprint density at radius 3 is 3.11 bits per heavy atom. The van der Waals surface area contributed by atoms with Gasteiger partial charge in [0.05, 0.1) is 6.10 Å². The van der Waals surface area contributed by atoms with Gasteiger partial charge in [0.1, 0.15) is 5.82 Å². The lowest BCUT2D eigenvalue weighted by Crippen LogP contribution is -2.13. The van der Waals surface area contributed by atoms with E-state index in [2.05, 4.69) is 12.2 Å². The first-order valence-corrected chi connectivity index (χ1v) is 7.52. The van der Waals surface area contributed by atoms with E-state index in [9.17, 15) is 4.39 Å². The van der Waals surface area contributed by atoms with Crippen LogP contribution in [-0.4, -0.2) is 25.0 Å². The molecule has 0 amide bonds. The maximum Gasteiger partial charge on any atom is 0.137 e. The van der Waals surface area contributed by atoms with Crippen molar-refractivity contribution in [2.75, 3.05) is 18.9 Å². The summed E-state index contributed by atoms with van der Waals surface area (Å²) >= 11 is 1.58. The smallest absolute Gasteiger partial charge is 0.137 e. The normalized spacial score (nSPS) is 19.3. The molecule has 100 valence electrons. The van der Waals surface area contributed by atoms with Gasteiger partial charge in [-0.05, 0) is 31.0 Å². The summed E-state index contributed by atoms with van der Waals surface area (Å²) in [5.74, 6) is 0.730. The first kappa shape index (κ1) is 13.8. The van der Waals surface area contributed by atoms with Crippen molar-refractivity contribution in [2.24, 2.45) is 0 Å². The molecule has 1 fully saturated rings. The average molecular weight is 269 g/mol. The molecule has 1 N–H and O–H groups in total. The van der Waals surface area contributed by atoms with E-state index >= 15 is 0 Å². The van der Waals surface area contributed by atoms with E-state index in [1.54, 1.807) is 17.8 Å². The SMILES string of the molecule is CCNCc1cccc(F)c1SCC1CCCO1. The van der Waals surface area contributed by atoms with Crippen molar-refractivity contribution in [3.8, 4) is 0 Å². The van der Waals surface area contributed by atoms with Crippen LogP contribution in [0.2, 0.25) is 0 Å². The highest BCUT2D eigenvalue weighted by atomic mass is 32.2. The molecule has 1 aliphatic heterocycles. The van der Waals surface area contributed by atoms with Crippen LogP contribution in [-0.2, 0) is 11.3 Å². The van der Waals surface area contributed by atoms with E-state index in [1.807, 2.05) is 6.07 Å². The summed E-state index contributed by atoms with van der Waals surface area (Å²) in [6.07, 6.45) is 2.53. The first-order chi connectivity index (χ1) is 8.81. The molecule has 1 atom stereocenters. The molecular weight excluding hydrogens is 249 g/mol. The quantitative estimate of drug-likeness (QED) is 0.801. The van der Waals surface area contributed by atoms with E-state index in [0.29, 0.717) is 6.10 Å². The van der Waals surface area contributed by atoms with Crippen molar-refractivity contribution in [1.29, 1.82) is 0 Å². The number of benzene rings is 1. The van der Waals surface area contributed by atoms with Gasteiger partial charge in [-0.1, -0.05) is 19.1 Å². The van der Waals surface area contributed by atoms with Gasteiger partial charge in [0.25, 0.3) is 0 Å². The minimum Gasteiger partial charge on any atom is -0.377 e. The molecular formula is C14H20FNOS.